The molecule has 0 bridgehead atoms. The van der Waals surface area contributed by atoms with Crippen molar-refractivity contribution >= 4 is 11.6 Å². The normalized spacial score (nSPS) is 16.5. The van der Waals surface area contributed by atoms with Gasteiger partial charge in [0, 0.05) is 42.9 Å². The number of anilines is 1. The fourth-order valence-corrected chi connectivity index (χ4v) is 4.25. The Morgan fingerprint density at radius 3 is 2.79 bits per heavy atom. The molecule has 3 aromatic rings. The van der Waals surface area contributed by atoms with E-state index in [0.29, 0.717) is 18.4 Å². The SMILES string of the molecule is CNC1CCCN(c2cnccc2-c2ccc(CNC(=O)c3nc(C(C)(C)C)no3)c(C)c2)C1. The molecule has 2 aromatic heterocycles. The number of carbonyl (C=O) groups excluding carboxylic acids is 1. The fourth-order valence-electron chi connectivity index (χ4n) is 4.25. The number of nitrogens with one attached hydrogen (secondary N) is 2. The highest BCUT2D eigenvalue weighted by Crippen LogP contribution is 2.33. The molecule has 1 aliphatic rings. The quantitative estimate of drug-likeness (QED) is 0.574. The lowest BCUT2D eigenvalue weighted by atomic mass is 9.96. The third-order valence-corrected chi connectivity index (χ3v) is 6.35. The lowest BCUT2D eigenvalue weighted by Crippen LogP contribution is -2.44. The molecule has 8 nitrogen and oxygen atoms in total. The molecule has 180 valence electrons. The summed E-state index contributed by atoms with van der Waals surface area (Å²) in [5.41, 5.74) is 5.34. The number of likely N-dealkylation sites (N-methyl/N-ethyl adjacent to an activating group) is 1. The monoisotopic (exact) mass is 462 g/mol. The first-order valence-corrected chi connectivity index (χ1v) is 11.8. The highest BCUT2D eigenvalue weighted by molar-refractivity contribution is 5.89. The van der Waals surface area contributed by atoms with E-state index in [9.17, 15) is 4.79 Å². The maximum absolute atomic E-state index is 12.5. The van der Waals surface area contributed by atoms with Crippen LogP contribution in [0.1, 0.15) is 61.2 Å². The number of amides is 1. The van der Waals surface area contributed by atoms with E-state index in [0.717, 1.165) is 41.9 Å². The van der Waals surface area contributed by atoms with E-state index in [1.54, 1.807) is 0 Å². The maximum atomic E-state index is 12.5. The molecule has 8 heteroatoms. The Kier molecular flexibility index (Phi) is 6.97. The van der Waals surface area contributed by atoms with Crippen LogP contribution in [-0.2, 0) is 12.0 Å². The minimum Gasteiger partial charge on any atom is -0.368 e. The van der Waals surface area contributed by atoms with Crippen molar-refractivity contribution in [2.75, 3.05) is 25.0 Å². The molecule has 1 unspecified atom stereocenters. The summed E-state index contributed by atoms with van der Waals surface area (Å²) in [5.74, 6) is 0.134. The van der Waals surface area contributed by atoms with Crippen molar-refractivity contribution in [1.82, 2.24) is 25.8 Å². The third kappa shape index (κ3) is 5.28. The molecule has 1 aliphatic heterocycles. The van der Waals surface area contributed by atoms with E-state index in [2.05, 4.69) is 61.8 Å². The second-order valence-electron chi connectivity index (χ2n) is 9.96. The summed E-state index contributed by atoms with van der Waals surface area (Å²) >= 11 is 0. The standard InChI is InChI=1S/C26H34N6O2/c1-17-13-18(21-10-11-28-15-22(21)32-12-6-7-20(16-32)27-5)8-9-19(17)14-29-23(33)24-30-25(31-34-24)26(2,3)4/h8-11,13,15,20,27H,6-7,12,14,16H2,1-5H3,(H,29,33). The van der Waals surface area contributed by atoms with Crippen molar-refractivity contribution < 1.29 is 9.32 Å². The summed E-state index contributed by atoms with van der Waals surface area (Å²) in [7, 11) is 2.03. The molecule has 34 heavy (non-hydrogen) atoms. The Labute approximate surface area is 201 Å². The largest absolute Gasteiger partial charge is 0.368 e. The van der Waals surface area contributed by atoms with Gasteiger partial charge in [-0.25, -0.2) is 0 Å². The number of hydrogen-bond donors (Lipinski definition) is 2. The van der Waals surface area contributed by atoms with Gasteiger partial charge in [0.15, 0.2) is 5.82 Å². The molecule has 1 fully saturated rings. The fraction of sp³-hybridized carbons (Fsp3) is 0.462. The number of carbonyl (C=O) groups is 1. The van der Waals surface area contributed by atoms with E-state index in [1.807, 2.05) is 40.2 Å². The van der Waals surface area contributed by atoms with Crippen LogP contribution in [0.2, 0.25) is 0 Å². The topological polar surface area (TPSA) is 96.2 Å². The molecule has 3 heterocycles. The highest BCUT2D eigenvalue weighted by atomic mass is 16.5. The number of piperidine rings is 1. The smallest absolute Gasteiger partial charge is 0.315 e. The highest BCUT2D eigenvalue weighted by Gasteiger charge is 2.24. The lowest BCUT2D eigenvalue weighted by molar-refractivity contribution is 0.0907. The van der Waals surface area contributed by atoms with Crippen LogP contribution in [0.4, 0.5) is 5.69 Å². The van der Waals surface area contributed by atoms with Crippen LogP contribution in [0.5, 0.6) is 0 Å². The molecule has 2 N–H and O–H groups in total. The van der Waals surface area contributed by atoms with Crippen LogP contribution >= 0.6 is 0 Å². The summed E-state index contributed by atoms with van der Waals surface area (Å²) in [6.45, 7) is 10.4. The first-order chi connectivity index (χ1) is 16.3. The van der Waals surface area contributed by atoms with Crippen LogP contribution in [0.15, 0.2) is 41.2 Å². The third-order valence-electron chi connectivity index (χ3n) is 6.35. The maximum Gasteiger partial charge on any atom is 0.315 e. The second-order valence-corrected chi connectivity index (χ2v) is 9.96. The molecular weight excluding hydrogens is 428 g/mol. The number of aryl methyl sites for hydroxylation is 1. The molecule has 0 spiro atoms. The van der Waals surface area contributed by atoms with Gasteiger partial charge in [-0.2, -0.15) is 4.98 Å². The van der Waals surface area contributed by atoms with E-state index in [-0.39, 0.29) is 17.2 Å². The zero-order valence-electron chi connectivity index (χ0n) is 20.7. The average molecular weight is 463 g/mol. The molecule has 0 aliphatic carbocycles. The Bertz CT molecular complexity index is 1150. The van der Waals surface area contributed by atoms with Gasteiger partial charge in [-0.15, -0.1) is 0 Å². The zero-order chi connectivity index (χ0) is 24.3. The molecule has 0 saturated carbocycles. The predicted molar refractivity (Wildman–Crippen MR) is 133 cm³/mol. The second kappa shape index (κ2) is 9.93. The van der Waals surface area contributed by atoms with Gasteiger partial charge in [-0.05, 0) is 49.6 Å². The Hall–Kier alpha value is -3.26. The van der Waals surface area contributed by atoms with Gasteiger partial charge >= 0.3 is 11.8 Å². The minimum atomic E-state index is -0.368. The van der Waals surface area contributed by atoms with Crippen molar-refractivity contribution in [2.45, 2.75) is 58.5 Å². The Morgan fingerprint density at radius 2 is 2.09 bits per heavy atom. The van der Waals surface area contributed by atoms with Gasteiger partial charge in [0.1, 0.15) is 0 Å². The van der Waals surface area contributed by atoms with Crippen LogP contribution in [0.3, 0.4) is 0 Å². The molecule has 1 amide bonds. The van der Waals surface area contributed by atoms with Crippen molar-refractivity contribution in [2.24, 2.45) is 0 Å². The first-order valence-electron chi connectivity index (χ1n) is 11.8. The molecular formula is C26H34N6O2. The Morgan fingerprint density at radius 1 is 1.26 bits per heavy atom. The van der Waals surface area contributed by atoms with Crippen LogP contribution in [0, 0.1) is 6.92 Å². The van der Waals surface area contributed by atoms with Crippen LogP contribution < -0.4 is 15.5 Å². The first kappa shape index (κ1) is 23.9. The van der Waals surface area contributed by atoms with Crippen molar-refractivity contribution in [3.05, 3.63) is 59.5 Å². The summed E-state index contributed by atoms with van der Waals surface area (Å²) in [6, 6.07) is 8.92. The lowest BCUT2D eigenvalue weighted by Gasteiger charge is -2.35. The molecule has 1 aromatic carbocycles. The van der Waals surface area contributed by atoms with Gasteiger partial charge in [0.2, 0.25) is 0 Å². The van der Waals surface area contributed by atoms with E-state index < -0.39 is 0 Å². The van der Waals surface area contributed by atoms with Crippen molar-refractivity contribution in [1.29, 1.82) is 0 Å². The predicted octanol–water partition coefficient (Wildman–Crippen LogP) is 3.86. The molecule has 4 rings (SSSR count). The number of hydrogen-bond acceptors (Lipinski definition) is 7. The molecule has 0 radical (unpaired) electrons. The van der Waals surface area contributed by atoms with Gasteiger partial charge in [0.25, 0.3) is 0 Å². The van der Waals surface area contributed by atoms with Gasteiger partial charge in [0.05, 0.1) is 11.9 Å². The number of benzene rings is 1. The summed E-state index contributed by atoms with van der Waals surface area (Å²) in [4.78, 5) is 23.6. The van der Waals surface area contributed by atoms with Crippen LogP contribution in [-0.4, -0.2) is 47.2 Å². The van der Waals surface area contributed by atoms with Gasteiger partial charge < -0.3 is 20.1 Å². The number of nitrogens with zero attached hydrogens (tertiary/aromatic N) is 4. The van der Waals surface area contributed by atoms with Crippen molar-refractivity contribution in [3.8, 4) is 11.1 Å². The number of rotatable bonds is 6. The molecule has 1 saturated heterocycles. The Balaban J connectivity index is 1.48. The zero-order valence-corrected chi connectivity index (χ0v) is 20.7. The van der Waals surface area contributed by atoms with Gasteiger partial charge in [-0.3, -0.25) is 9.78 Å². The number of pyridine rings is 1. The summed E-state index contributed by atoms with van der Waals surface area (Å²) in [6.07, 6.45) is 6.17. The van der Waals surface area contributed by atoms with E-state index in [1.165, 1.54) is 12.0 Å². The average Bonchev–Trinajstić information content (AvgIpc) is 3.34. The molecule has 1 atom stereocenters. The van der Waals surface area contributed by atoms with E-state index in [4.69, 9.17) is 4.52 Å². The minimum absolute atomic E-state index is 0.0120. The summed E-state index contributed by atoms with van der Waals surface area (Å²) < 4.78 is 5.15. The van der Waals surface area contributed by atoms with Gasteiger partial charge in [-0.1, -0.05) is 44.1 Å². The van der Waals surface area contributed by atoms with E-state index >= 15 is 0 Å². The van der Waals surface area contributed by atoms with Crippen molar-refractivity contribution in [3.63, 3.8) is 0 Å². The van der Waals surface area contributed by atoms with Crippen LogP contribution in [0.25, 0.3) is 11.1 Å². The number of aromatic nitrogens is 3. The summed E-state index contributed by atoms with van der Waals surface area (Å²) in [5, 5.41) is 10.2.